The van der Waals surface area contributed by atoms with Gasteiger partial charge in [0.05, 0.1) is 28.6 Å². The molecule has 59 heavy (non-hydrogen) atoms. The number of benzene rings is 2. The summed E-state index contributed by atoms with van der Waals surface area (Å²) in [7, 11) is 1.68. The van der Waals surface area contributed by atoms with Crippen molar-refractivity contribution in [2.75, 3.05) is 44.7 Å². The van der Waals surface area contributed by atoms with Crippen LogP contribution in [0, 0.1) is 29.9 Å². The summed E-state index contributed by atoms with van der Waals surface area (Å²) in [5, 5.41) is 14.5. The van der Waals surface area contributed by atoms with Crippen LogP contribution in [-0.4, -0.2) is 118 Å². The number of phenols is 1. The molecule has 0 spiro atoms. The molecule has 0 radical (unpaired) electrons. The number of nitrogens with one attached hydrogen (secondary N) is 1. The number of pyridine rings is 1. The minimum atomic E-state index is -1.12. The summed E-state index contributed by atoms with van der Waals surface area (Å²) in [5.41, 5.74) is -0.930. The quantitative estimate of drug-likeness (QED) is 0.103. The van der Waals surface area contributed by atoms with Crippen molar-refractivity contribution in [3.8, 4) is 35.4 Å². The fourth-order valence-electron chi connectivity index (χ4n) is 9.62. The number of aromatic nitrogens is 3. The second kappa shape index (κ2) is 16.0. The Kier molecular flexibility index (Phi) is 10.9. The van der Waals surface area contributed by atoms with Crippen molar-refractivity contribution in [3.05, 3.63) is 47.7 Å². The minimum absolute atomic E-state index is 0.0122. The third-order valence-corrected chi connectivity index (χ3v) is 12.6. The lowest BCUT2D eigenvalue weighted by atomic mass is 9.95. The molecule has 2 aromatic carbocycles. The van der Waals surface area contributed by atoms with Crippen LogP contribution in [0.25, 0.3) is 32.9 Å². The fraction of sp³-hybridized carbons (Fsp3) is 0.512. The third-order valence-electron chi connectivity index (χ3n) is 12.6. The first kappa shape index (κ1) is 40.4. The zero-order valence-electron chi connectivity index (χ0n) is 33.5. The van der Waals surface area contributed by atoms with Gasteiger partial charge in [-0.2, -0.15) is 9.97 Å². The number of esters is 1. The Hall–Kier alpha value is -5.40. The maximum absolute atomic E-state index is 17.1. The number of rotatable bonds is 11. The van der Waals surface area contributed by atoms with Crippen LogP contribution < -0.4 is 15.0 Å². The van der Waals surface area contributed by atoms with E-state index in [0.29, 0.717) is 50.1 Å². The Morgan fingerprint density at radius 3 is 2.59 bits per heavy atom. The van der Waals surface area contributed by atoms with Crippen LogP contribution in [0.4, 0.5) is 23.8 Å². The van der Waals surface area contributed by atoms with Crippen molar-refractivity contribution in [2.45, 2.75) is 95.4 Å². The monoisotopic (exact) mass is 815 g/mol. The van der Waals surface area contributed by atoms with E-state index in [2.05, 4.69) is 26.1 Å². The van der Waals surface area contributed by atoms with Gasteiger partial charge in [0, 0.05) is 50.1 Å². The fourth-order valence-corrected chi connectivity index (χ4v) is 9.62. The minimum Gasteiger partial charge on any atom is -0.508 e. The van der Waals surface area contributed by atoms with Gasteiger partial charge in [-0.05, 0) is 68.8 Å². The number of phenolic OH excluding ortho intramolecular Hbond substituents is 1. The largest absolute Gasteiger partial charge is 0.508 e. The predicted octanol–water partition coefficient (Wildman–Crippen LogP) is 6.08. The summed E-state index contributed by atoms with van der Waals surface area (Å²) in [5.74, 6) is 0.423. The van der Waals surface area contributed by atoms with Gasteiger partial charge in [-0.15, -0.1) is 6.42 Å². The highest BCUT2D eigenvalue weighted by Crippen LogP contribution is 2.43. The maximum atomic E-state index is 17.1. The van der Waals surface area contributed by atoms with Crippen molar-refractivity contribution in [2.24, 2.45) is 5.92 Å². The van der Waals surface area contributed by atoms with Crippen LogP contribution in [0.1, 0.15) is 64.9 Å². The second-order valence-corrected chi connectivity index (χ2v) is 16.3. The van der Waals surface area contributed by atoms with Gasteiger partial charge in [0.25, 0.3) is 0 Å². The molecule has 4 fully saturated rings. The molecule has 13 nitrogen and oxygen atoms in total. The Balaban J connectivity index is 1.12. The lowest BCUT2D eigenvalue weighted by molar-refractivity contribution is -0.170. The van der Waals surface area contributed by atoms with Crippen molar-refractivity contribution in [1.82, 2.24) is 30.1 Å². The van der Waals surface area contributed by atoms with E-state index >= 15 is 8.78 Å². The summed E-state index contributed by atoms with van der Waals surface area (Å²) in [6.07, 6.45) is 8.43. The number of carbonyl (C=O) groups is 2. The number of anilines is 1. The van der Waals surface area contributed by atoms with E-state index in [1.807, 2.05) is 18.7 Å². The van der Waals surface area contributed by atoms with Crippen LogP contribution in [0.3, 0.4) is 0 Å². The molecule has 6 heterocycles. The van der Waals surface area contributed by atoms with Crippen molar-refractivity contribution < 1.29 is 42.1 Å². The number of terminal acetylenes is 1. The first-order chi connectivity index (χ1) is 28.3. The van der Waals surface area contributed by atoms with Crippen LogP contribution in [0.5, 0.6) is 11.8 Å². The molecule has 3 unspecified atom stereocenters. The average molecular weight is 816 g/mol. The number of halogens is 3. The molecular weight excluding hydrogens is 768 g/mol. The van der Waals surface area contributed by atoms with Gasteiger partial charge in [0.2, 0.25) is 6.29 Å². The summed E-state index contributed by atoms with van der Waals surface area (Å²) in [4.78, 5) is 46.0. The van der Waals surface area contributed by atoms with Crippen LogP contribution in [0.15, 0.2) is 30.5 Å². The van der Waals surface area contributed by atoms with E-state index in [-0.39, 0.29) is 69.5 Å². The highest BCUT2D eigenvalue weighted by Gasteiger charge is 2.50. The number of hydrogen-bond donors (Lipinski definition) is 2. The molecule has 0 aliphatic carbocycles. The first-order valence-corrected chi connectivity index (χ1v) is 20.3. The molecule has 2 bridgehead atoms. The summed E-state index contributed by atoms with van der Waals surface area (Å²) < 4.78 is 64.3. The van der Waals surface area contributed by atoms with E-state index in [4.69, 9.17) is 25.6 Å². The molecule has 4 aromatic rings. The topological polar surface area (TPSA) is 142 Å². The molecule has 4 aliphatic rings. The SMILES string of the molecule is C#Cc1c(F)ccc2cc(O)cc(-c3ncc4c(N5CC6CCC(C5)N6C(=O)OC(C)OC(=O)[C@@H](NC)[C@@H](C)CC)nc(OC[C@@]56CCCN5C[C@H](F)C6)nc4c3F)c12. The van der Waals surface area contributed by atoms with E-state index in [9.17, 15) is 19.1 Å². The molecular formula is C43H48F3N7O6. The van der Waals surface area contributed by atoms with Gasteiger partial charge < -0.3 is 29.5 Å². The zero-order valence-corrected chi connectivity index (χ0v) is 33.5. The highest BCUT2D eigenvalue weighted by atomic mass is 19.1. The number of likely N-dealkylation sites (N-methyl/N-ethyl adjacent to an activating group) is 1. The smallest absolute Gasteiger partial charge is 0.413 e. The summed E-state index contributed by atoms with van der Waals surface area (Å²) >= 11 is 0. The molecule has 1 amide bonds. The molecule has 2 N–H and O–H groups in total. The molecule has 4 saturated heterocycles. The maximum Gasteiger partial charge on any atom is 0.413 e. The lowest BCUT2D eigenvalue weighted by Crippen LogP contribution is -2.56. The van der Waals surface area contributed by atoms with E-state index in [1.54, 1.807) is 11.9 Å². The number of piperazine rings is 1. The number of alkyl halides is 1. The normalized spacial score (nSPS) is 24.2. The molecule has 312 valence electrons. The van der Waals surface area contributed by atoms with Gasteiger partial charge in [0.1, 0.15) is 47.4 Å². The summed E-state index contributed by atoms with van der Waals surface area (Å²) in [6.45, 7) is 7.18. The van der Waals surface area contributed by atoms with E-state index < -0.39 is 47.7 Å². The number of fused-ring (bicyclic) bond motifs is 5. The standard InChI is InChI=1S/C43H48F3N7O6/c1-6-23(3)36(47-5)40(55)58-24(4)59-42(56)53-27-10-11-28(53)21-51(20-27)39-32-18-48-37(31-16-29(54)15-25-9-12-33(45)30(7-2)34(25)31)35(46)38(32)49-41(50-39)57-22-43-13-8-14-52(43)19-26(44)17-43/h2,9,12,15-16,18,23-24,26-28,36,47,54H,6,8,10-11,13-14,17,19-22H2,1,3-5H3/t23-,24?,26+,27?,28?,36-,43-/m0/s1. The van der Waals surface area contributed by atoms with Gasteiger partial charge in [-0.3, -0.25) is 19.6 Å². The number of aromatic hydroxyl groups is 1. The number of ether oxygens (including phenoxy) is 3. The zero-order chi connectivity index (χ0) is 41.7. The lowest BCUT2D eigenvalue weighted by Gasteiger charge is -2.41. The van der Waals surface area contributed by atoms with Crippen LogP contribution >= 0.6 is 0 Å². The molecule has 0 saturated carbocycles. The van der Waals surface area contributed by atoms with Gasteiger partial charge >= 0.3 is 18.1 Å². The number of nitrogens with zero attached hydrogens (tertiary/aromatic N) is 6. The van der Waals surface area contributed by atoms with Crippen molar-refractivity contribution >= 4 is 39.6 Å². The van der Waals surface area contributed by atoms with Crippen molar-refractivity contribution in [1.29, 1.82) is 0 Å². The number of hydrogen-bond acceptors (Lipinski definition) is 12. The molecule has 8 rings (SSSR count). The van der Waals surface area contributed by atoms with Gasteiger partial charge in [-0.1, -0.05) is 32.3 Å². The Labute approximate surface area is 340 Å². The molecule has 16 heteroatoms. The number of amides is 1. The Morgan fingerprint density at radius 2 is 1.88 bits per heavy atom. The summed E-state index contributed by atoms with van der Waals surface area (Å²) in [6, 6.07) is 4.01. The van der Waals surface area contributed by atoms with Gasteiger partial charge in [-0.25, -0.2) is 18.0 Å². The van der Waals surface area contributed by atoms with Crippen molar-refractivity contribution in [3.63, 3.8) is 0 Å². The second-order valence-electron chi connectivity index (χ2n) is 16.3. The average Bonchev–Trinajstić information content (AvgIpc) is 3.83. The molecule has 2 aromatic heterocycles. The van der Waals surface area contributed by atoms with E-state index in [0.717, 1.165) is 25.8 Å². The highest BCUT2D eigenvalue weighted by molar-refractivity contribution is 6.03. The third kappa shape index (κ3) is 7.32. The van der Waals surface area contributed by atoms with Gasteiger partial charge in [0.15, 0.2) is 5.82 Å². The molecule has 4 aliphatic heterocycles. The predicted molar refractivity (Wildman–Crippen MR) is 214 cm³/mol. The Morgan fingerprint density at radius 1 is 1.12 bits per heavy atom. The first-order valence-electron chi connectivity index (χ1n) is 20.3. The van der Waals surface area contributed by atoms with Crippen LogP contribution in [0.2, 0.25) is 0 Å². The molecule has 7 atom stereocenters. The van der Waals surface area contributed by atoms with E-state index in [1.165, 1.54) is 37.4 Å². The number of carbonyl (C=O) groups excluding carboxylic acids is 2. The van der Waals surface area contributed by atoms with Crippen LogP contribution in [-0.2, 0) is 14.3 Å². The Bertz CT molecular complexity index is 2330.